The lowest BCUT2D eigenvalue weighted by atomic mass is 10.1. The third kappa shape index (κ3) is 5.45. The van der Waals surface area contributed by atoms with E-state index in [9.17, 15) is 14.4 Å². The number of esters is 1. The molecule has 0 radical (unpaired) electrons. The number of ether oxygens (including phenoxy) is 1. The maximum atomic E-state index is 12.4. The van der Waals surface area contributed by atoms with Gasteiger partial charge in [-0.1, -0.05) is 30.3 Å². The summed E-state index contributed by atoms with van der Waals surface area (Å²) in [6.45, 7) is 2.33. The van der Waals surface area contributed by atoms with Gasteiger partial charge in [0.1, 0.15) is 0 Å². The number of nitrogens with one attached hydrogen (secondary N) is 1. The van der Waals surface area contributed by atoms with Crippen molar-refractivity contribution in [2.75, 3.05) is 18.4 Å². The number of rotatable bonds is 7. The Balaban J connectivity index is 1.48. The van der Waals surface area contributed by atoms with Gasteiger partial charge in [0.25, 0.3) is 5.91 Å². The van der Waals surface area contributed by atoms with Crippen LogP contribution in [0.2, 0.25) is 0 Å². The molecule has 1 heterocycles. The average molecular weight is 405 g/mol. The van der Waals surface area contributed by atoms with Gasteiger partial charge in [-0.3, -0.25) is 14.4 Å². The molecule has 2 amide bonds. The molecule has 0 aromatic heterocycles. The quantitative estimate of drug-likeness (QED) is 0.714. The lowest BCUT2D eigenvalue weighted by molar-refractivity contribution is -0.157. The van der Waals surface area contributed by atoms with Crippen molar-refractivity contribution in [1.82, 2.24) is 4.90 Å². The summed E-state index contributed by atoms with van der Waals surface area (Å²) in [4.78, 5) is 38.6. The highest BCUT2D eigenvalue weighted by molar-refractivity contribution is 5.95. The number of carbonyl (C=O) groups excluding carboxylic acids is 3. The molecule has 7 nitrogen and oxygen atoms in total. The SMILES string of the molecule is C[C@H](OC(=O)[C@H]1CC(=O)N(CCc2ccccc2)C1)C(=O)Nc1ccc(C#N)cc1. The zero-order chi connectivity index (χ0) is 21.5. The molecule has 0 aliphatic carbocycles. The maximum Gasteiger partial charge on any atom is 0.312 e. The molecular weight excluding hydrogens is 382 g/mol. The lowest BCUT2D eigenvalue weighted by Gasteiger charge is -2.18. The Morgan fingerprint density at radius 3 is 2.57 bits per heavy atom. The van der Waals surface area contributed by atoms with Gasteiger partial charge < -0.3 is 15.0 Å². The van der Waals surface area contributed by atoms with Crippen LogP contribution in [0.4, 0.5) is 5.69 Å². The largest absolute Gasteiger partial charge is 0.452 e. The molecule has 2 aromatic carbocycles. The topological polar surface area (TPSA) is 99.5 Å². The first-order chi connectivity index (χ1) is 14.5. The second-order valence-electron chi connectivity index (χ2n) is 7.23. The van der Waals surface area contributed by atoms with Gasteiger partial charge in [-0.15, -0.1) is 0 Å². The third-order valence-corrected chi connectivity index (χ3v) is 5.00. The Morgan fingerprint density at radius 1 is 1.20 bits per heavy atom. The molecule has 1 aliphatic heterocycles. The van der Waals surface area contributed by atoms with Crippen LogP contribution >= 0.6 is 0 Å². The van der Waals surface area contributed by atoms with Gasteiger partial charge in [-0.25, -0.2) is 0 Å². The number of amides is 2. The van der Waals surface area contributed by atoms with Gasteiger partial charge >= 0.3 is 5.97 Å². The van der Waals surface area contributed by atoms with Crippen LogP contribution in [0.25, 0.3) is 0 Å². The van der Waals surface area contributed by atoms with E-state index in [1.165, 1.54) is 6.92 Å². The lowest BCUT2D eigenvalue weighted by Crippen LogP contribution is -2.33. The van der Waals surface area contributed by atoms with Crippen molar-refractivity contribution in [3.05, 3.63) is 65.7 Å². The van der Waals surface area contributed by atoms with E-state index in [-0.39, 0.29) is 12.3 Å². The fourth-order valence-corrected chi connectivity index (χ4v) is 3.25. The maximum absolute atomic E-state index is 12.4. The number of anilines is 1. The Labute approximate surface area is 175 Å². The summed E-state index contributed by atoms with van der Waals surface area (Å²) in [7, 11) is 0. The van der Waals surface area contributed by atoms with Crippen molar-refractivity contribution in [2.24, 2.45) is 5.92 Å². The van der Waals surface area contributed by atoms with E-state index < -0.39 is 23.9 Å². The summed E-state index contributed by atoms with van der Waals surface area (Å²) < 4.78 is 5.29. The minimum absolute atomic E-state index is 0.0810. The number of benzene rings is 2. The summed E-state index contributed by atoms with van der Waals surface area (Å²) in [6, 6.07) is 18.2. The molecule has 0 saturated carbocycles. The first-order valence-electron chi connectivity index (χ1n) is 9.79. The summed E-state index contributed by atoms with van der Waals surface area (Å²) >= 11 is 0. The molecule has 154 valence electrons. The van der Waals surface area contributed by atoms with Crippen molar-refractivity contribution >= 4 is 23.5 Å². The Kier molecular flexibility index (Phi) is 6.81. The standard InChI is InChI=1S/C23H23N3O4/c1-16(22(28)25-20-9-7-18(14-24)8-10-20)30-23(29)19-13-21(27)26(15-19)12-11-17-5-3-2-4-6-17/h2-10,16,19H,11-13,15H2,1H3,(H,25,28)/t16-,19-/m0/s1. The minimum Gasteiger partial charge on any atom is -0.452 e. The molecule has 0 bridgehead atoms. The summed E-state index contributed by atoms with van der Waals surface area (Å²) in [6.07, 6.45) is -0.184. The second kappa shape index (κ2) is 9.70. The molecule has 0 spiro atoms. The number of carbonyl (C=O) groups is 3. The van der Waals surface area contributed by atoms with Gasteiger partial charge in [0.2, 0.25) is 5.91 Å². The number of nitriles is 1. The van der Waals surface area contributed by atoms with Gasteiger partial charge in [0, 0.05) is 25.2 Å². The van der Waals surface area contributed by atoms with Gasteiger partial charge in [-0.2, -0.15) is 5.26 Å². The van der Waals surface area contributed by atoms with Crippen LogP contribution in [-0.2, 0) is 25.5 Å². The van der Waals surface area contributed by atoms with E-state index >= 15 is 0 Å². The molecule has 1 saturated heterocycles. The van der Waals surface area contributed by atoms with Crippen molar-refractivity contribution < 1.29 is 19.1 Å². The van der Waals surface area contributed by atoms with Crippen LogP contribution in [0.5, 0.6) is 0 Å². The van der Waals surface area contributed by atoms with E-state index in [0.29, 0.717) is 24.3 Å². The van der Waals surface area contributed by atoms with Crippen molar-refractivity contribution in [3.8, 4) is 6.07 Å². The minimum atomic E-state index is -0.999. The van der Waals surface area contributed by atoms with E-state index in [0.717, 1.165) is 12.0 Å². The molecule has 30 heavy (non-hydrogen) atoms. The average Bonchev–Trinajstić information content (AvgIpc) is 3.14. The van der Waals surface area contributed by atoms with E-state index in [1.807, 2.05) is 36.4 Å². The number of hydrogen-bond donors (Lipinski definition) is 1. The van der Waals surface area contributed by atoms with E-state index in [2.05, 4.69) is 5.32 Å². The summed E-state index contributed by atoms with van der Waals surface area (Å²) in [5, 5.41) is 11.5. The van der Waals surface area contributed by atoms with E-state index in [4.69, 9.17) is 10.00 Å². The van der Waals surface area contributed by atoms with Crippen molar-refractivity contribution in [1.29, 1.82) is 5.26 Å². The number of nitrogens with zero attached hydrogens (tertiary/aromatic N) is 2. The fraction of sp³-hybridized carbons (Fsp3) is 0.304. The van der Waals surface area contributed by atoms with Crippen LogP contribution in [0, 0.1) is 17.2 Å². The molecule has 1 aliphatic rings. The Bertz CT molecular complexity index is 951. The fourth-order valence-electron chi connectivity index (χ4n) is 3.25. The molecular formula is C23H23N3O4. The van der Waals surface area contributed by atoms with Crippen LogP contribution in [0.1, 0.15) is 24.5 Å². The Morgan fingerprint density at radius 2 is 1.90 bits per heavy atom. The van der Waals surface area contributed by atoms with Gasteiger partial charge in [0.15, 0.2) is 6.10 Å². The number of likely N-dealkylation sites (tertiary alicyclic amines) is 1. The Hall–Kier alpha value is -3.66. The number of hydrogen-bond acceptors (Lipinski definition) is 5. The van der Waals surface area contributed by atoms with E-state index in [1.54, 1.807) is 29.2 Å². The highest BCUT2D eigenvalue weighted by Crippen LogP contribution is 2.20. The van der Waals surface area contributed by atoms with Crippen LogP contribution in [0.3, 0.4) is 0 Å². The van der Waals surface area contributed by atoms with Crippen LogP contribution in [0.15, 0.2) is 54.6 Å². The molecule has 3 rings (SSSR count). The van der Waals surface area contributed by atoms with Crippen molar-refractivity contribution in [2.45, 2.75) is 25.9 Å². The molecule has 0 unspecified atom stereocenters. The van der Waals surface area contributed by atoms with Crippen LogP contribution < -0.4 is 5.32 Å². The van der Waals surface area contributed by atoms with Crippen LogP contribution in [-0.4, -0.2) is 41.9 Å². The van der Waals surface area contributed by atoms with Gasteiger partial charge in [0.05, 0.1) is 17.6 Å². The predicted molar refractivity (Wildman–Crippen MR) is 110 cm³/mol. The summed E-state index contributed by atoms with van der Waals surface area (Å²) in [5.74, 6) is -1.67. The second-order valence-corrected chi connectivity index (χ2v) is 7.23. The molecule has 2 aromatic rings. The van der Waals surface area contributed by atoms with Gasteiger partial charge in [-0.05, 0) is 43.2 Å². The predicted octanol–water partition coefficient (Wildman–Crippen LogP) is 2.52. The summed E-state index contributed by atoms with van der Waals surface area (Å²) in [5.41, 5.74) is 2.12. The zero-order valence-corrected chi connectivity index (χ0v) is 16.7. The third-order valence-electron chi connectivity index (χ3n) is 5.00. The molecule has 7 heteroatoms. The molecule has 2 atom stereocenters. The van der Waals surface area contributed by atoms with Crippen molar-refractivity contribution in [3.63, 3.8) is 0 Å². The highest BCUT2D eigenvalue weighted by atomic mass is 16.5. The highest BCUT2D eigenvalue weighted by Gasteiger charge is 2.36. The molecule has 1 N–H and O–H groups in total. The molecule has 1 fully saturated rings. The smallest absolute Gasteiger partial charge is 0.312 e. The zero-order valence-electron chi connectivity index (χ0n) is 16.7. The normalized spacial score (nSPS) is 16.6. The first-order valence-corrected chi connectivity index (χ1v) is 9.79. The monoisotopic (exact) mass is 405 g/mol. The first kappa shape index (κ1) is 21.1.